The third-order valence-corrected chi connectivity index (χ3v) is 6.56. The largest absolute Gasteiger partial charge is 0.481 e. The molecule has 4 unspecified atom stereocenters. The van der Waals surface area contributed by atoms with Gasteiger partial charge in [0.15, 0.2) is 0 Å². The van der Waals surface area contributed by atoms with Gasteiger partial charge in [-0.25, -0.2) is 0 Å². The van der Waals surface area contributed by atoms with Gasteiger partial charge in [-0.3, -0.25) is 4.79 Å². The van der Waals surface area contributed by atoms with Gasteiger partial charge in [-0.15, -0.1) is 0 Å². The van der Waals surface area contributed by atoms with Gasteiger partial charge in [0.05, 0.1) is 11.5 Å². The zero-order valence-corrected chi connectivity index (χ0v) is 12.3. The molecule has 0 bridgehead atoms. The van der Waals surface area contributed by atoms with Gasteiger partial charge in [0.1, 0.15) is 0 Å². The number of thioether (sulfide) groups is 1. The van der Waals surface area contributed by atoms with Crippen molar-refractivity contribution in [3.63, 3.8) is 0 Å². The Balaban J connectivity index is 1.71. The van der Waals surface area contributed by atoms with E-state index in [1.165, 1.54) is 18.6 Å². The molecule has 0 aromatic carbocycles. The molecule has 0 aromatic rings. The van der Waals surface area contributed by atoms with Crippen molar-refractivity contribution in [3.05, 3.63) is 0 Å². The van der Waals surface area contributed by atoms with Crippen LogP contribution in [0, 0.1) is 17.8 Å². The molecule has 0 radical (unpaired) electrons. The molecule has 1 N–H and O–H groups in total. The Hall–Kier alpha value is -0.220. The second-order valence-electron chi connectivity index (χ2n) is 6.48. The van der Waals surface area contributed by atoms with Crippen molar-refractivity contribution in [2.45, 2.75) is 50.5 Å². The molecular formula is C15H24O3S. The summed E-state index contributed by atoms with van der Waals surface area (Å²) >= 11 is 1.99. The minimum Gasteiger partial charge on any atom is -0.481 e. The summed E-state index contributed by atoms with van der Waals surface area (Å²) < 4.78 is 6.07. The Morgan fingerprint density at radius 3 is 2.84 bits per heavy atom. The van der Waals surface area contributed by atoms with E-state index in [1.807, 2.05) is 11.8 Å². The summed E-state index contributed by atoms with van der Waals surface area (Å²) in [5, 5.41) is 9.46. The molecule has 0 aromatic heterocycles. The molecule has 1 spiro atoms. The summed E-state index contributed by atoms with van der Waals surface area (Å²) in [4.78, 5) is 11.5. The molecule has 3 aliphatic rings. The van der Waals surface area contributed by atoms with E-state index in [0.29, 0.717) is 11.8 Å². The van der Waals surface area contributed by atoms with Gasteiger partial charge in [-0.1, -0.05) is 12.8 Å². The zero-order chi connectivity index (χ0) is 13.3. The molecule has 4 heteroatoms. The van der Waals surface area contributed by atoms with Crippen LogP contribution < -0.4 is 0 Å². The predicted molar refractivity (Wildman–Crippen MR) is 76.4 cm³/mol. The maximum Gasteiger partial charge on any atom is 0.306 e. The summed E-state index contributed by atoms with van der Waals surface area (Å²) in [5.41, 5.74) is 0.0914. The first-order chi connectivity index (χ1) is 9.20. The first-order valence-electron chi connectivity index (χ1n) is 7.65. The maximum atomic E-state index is 11.5. The highest BCUT2D eigenvalue weighted by molar-refractivity contribution is 7.99. The van der Waals surface area contributed by atoms with Gasteiger partial charge in [-0.05, 0) is 49.7 Å². The summed E-state index contributed by atoms with van der Waals surface area (Å²) in [7, 11) is 0. The van der Waals surface area contributed by atoms with E-state index in [9.17, 15) is 9.90 Å². The average molecular weight is 284 g/mol. The number of carbonyl (C=O) groups is 1. The lowest BCUT2D eigenvalue weighted by Gasteiger charge is -2.43. The van der Waals surface area contributed by atoms with Crippen molar-refractivity contribution in [1.29, 1.82) is 0 Å². The van der Waals surface area contributed by atoms with Gasteiger partial charge in [-0.2, -0.15) is 11.8 Å². The first-order valence-corrected chi connectivity index (χ1v) is 8.80. The molecule has 3 nitrogen and oxygen atoms in total. The molecule has 0 amide bonds. The molecule has 2 saturated heterocycles. The third-order valence-electron chi connectivity index (χ3n) is 5.34. The third kappa shape index (κ3) is 2.80. The first kappa shape index (κ1) is 13.7. The fourth-order valence-corrected chi connectivity index (χ4v) is 5.70. The smallest absolute Gasteiger partial charge is 0.306 e. The zero-order valence-electron chi connectivity index (χ0n) is 11.5. The van der Waals surface area contributed by atoms with E-state index in [1.54, 1.807) is 0 Å². The second-order valence-corrected chi connectivity index (χ2v) is 7.59. The monoisotopic (exact) mass is 284 g/mol. The number of hydrogen-bond acceptors (Lipinski definition) is 3. The van der Waals surface area contributed by atoms with E-state index in [-0.39, 0.29) is 11.5 Å². The lowest BCUT2D eigenvalue weighted by atomic mass is 9.67. The number of ether oxygens (including phenoxy) is 1. The van der Waals surface area contributed by atoms with Crippen LogP contribution >= 0.6 is 11.8 Å². The Bertz CT molecular complexity index is 338. The molecule has 108 valence electrons. The van der Waals surface area contributed by atoms with Crippen LogP contribution in [0.4, 0.5) is 0 Å². The highest BCUT2D eigenvalue weighted by Gasteiger charge is 2.45. The van der Waals surface area contributed by atoms with Gasteiger partial charge < -0.3 is 9.84 Å². The van der Waals surface area contributed by atoms with Crippen molar-refractivity contribution >= 4 is 17.7 Å². The van der Waals surface area contributed by atoms with Crippen molar-refractivity contribution < 1.29 is 14.6 Å². The predicted octanol–water partition coefficient (Wildman–Crippen LogP) is 3.18. The van der Waals surface area contributed by atoms with Crippen molar-refractivity contribution in [2.75, 3.05) is 18.1 Å². The quantitative estimate of drug-likeness (QED) is 0.846. The van der Waals surface area contributed by atoms with Gasteiger partial charge in [0.25, 0.3) is 0 Å². The molecular weight excluding hydrogens is 260 g/mol. The van der Waals surface area contributed by atoms with E-state index in [4.69, 9.17) is 4.74 Å². The molecule has 19 heavy (non-hydrogen) atoms. The second kappa shape index (κ2) is 5.65. The Kier molecular flexibility index (Phi) is 4.08. The highest BCUT2D eigenvalue weighted by atomic mass is 32.2. The van der Waals surface area contributed by atoms with E-state index >= 15 is 0 Å². The number of carboxylic acids is 1. The van der Waals surface area contributed by atoms with Crippen LogP contribution in [-0.4, -0.2) is 34.8 Å². The minimum atomic E-state index is -0.564. The highest BCUT2D eigenvalue weighted by Crippen LogP contribution is 2.46. The molecule has 2 aliphatic heterocycles. The maximum absolute atomic E-state index is 11.5. The summed E-state index contributed by atoms with van der Waals surface area (Å²) in [6, 6.07) is 0. The van der Waals surface area contributed by atoms with Crippen LogP contribution in [0.1, 0.15) is 44.9 Å². The fourth-order valence-electron chi connectivity index (χ4n) is 4.32. The van der Waals surface area contributed by atoms with Crippen molar-refractivity contribution in [3.8, 4) is 0 Å². The Morgan fingerprint density at radius 1 is 1.26 bits per heavy atom. The topological polar surface area (TPSA) is 46.5 Å². The Morgan fingerprint density at radius 2 is 2.11 bits per heavy atom. The van der Waals surface area contributed by atoms with E-state index < -0.39 is 5.97 Å². The van der Waals surface area contributed by atoms with Crippen LogP contribution in [0.25, 0.3) is 0 Å². The molecule has 3 rings (SSSR count). The number of hydrogen-bond donors (Lipinski definition) is 1. The van der Waals surface area contributed by atoms with Gasteiger partial charge >= 0.3 is 5.97 Å². The normalized spacial score (nSPS) is 43.5. The van der Waals surface area contributed by atoms with Gasteiger partial charge in [0.2, 0.25) is 0 Å². The van der Waals surface area contributed by atoms with Crippen molar-refractivity contribution in [2.24, 2.45) is 17.8 Å². The molecule has 1 saturated carbocycles. The number of aliphatic carboxylic acids is 1. The number of carboxylic acid groups (broad SMARTS) is 1. The molecule has 3 fully saturated rings. The van der Waals surface area contributed by atoms with Crippen molar-refractivity contribution in [1.82, 2.24) is 0 Å². The van der Waals surface area contributed by atoms with Crippen LogP contribution in [0.2, 0.25) is 0 Å². The molecule has 4 atom stereocenters. The van der Waals surface area contributed by atoms with Crippen LogP contribution in [0.5, 0.6) is 0 Å². The number of rotatable bonds is 2. The summed E-state index contributed by atoms with van der Waals surface area (Å²) in [5.74, 6) is 2.65. The average Bonchev–Trinajstić information content (AvgIpc) is 2.86. The summed E-state index contributed by atoms with van der Waals surface area (Å²) in [6.45, 7) is 0.841. The minimum absolute atomic E-state index is 0.0914. The standard InChI is InChI=1S/C15H24O3S/c16-14(17)13-4-2-1-3-12(13)11-5-7-18-15(9-11)6-8-19-10-15/h11-13H,1-10H2,(H,16,17). The molecule has 1 aliphatic carbocycles. The van der Waals surface area contributed by atoms with E-state index in [0.717, 1.165) is 44.5 Å². The van der Waals surface area contributed by atoms with E-state index in [2.05, 4.69) is 0 Å². The molecule has 2 heterocycles. The SMILES string of the molecule is O=C(O)C1CCCCC1C1CCOC2(CCSC2)C1. The Labute approximate surface area is 119 Å². The lowest BCUT2D eigenvalue weighted by Crippen LogP contribution is -2.44. The fraction of sp³-hybridized carbons (Fsp3) is 0.933. The summed E-state index contributed by atoms with van der Waals surface area (Å²) in [6.07, 6.45) is 7.66. The van der Waals surface area contributed by atoms with Crippen LogP contribution in [0.15, 0.2) is 0 Å². The van der Waals surface area contributed by atoms with Gasteiger partial charge in [0, 0.05) is 12.4 Å². The lowest BCUT2D eigenvalue weighted by molar-refractivity contribution is -0.149. The van der Waals surface area contributed by atoms with Crippen LogP contribution in [0.3, 0.4) is 0 Å². The van der Waals surface area contributed by atoms with Crippen LogP contribution in [-0.2, 0) is 9.53 Å².